The fraction of sp³-hybridized carbons (Fsp3) is 0.294. The van der Waals surface area contributed by atoms with Gasteiger partial charge in [-0.05, 0) is 26.0 Å². The minimum atomic E-state index is -0.941. The maximum atomic E-state index is 12.0. The second-order valence-corrected chi connectivity index (χ2v) is 5.23. The smallest absolute Gasteiger partial charge is 0.374 e. The predicted octanol–water partition coefficient (Wildman–Crippen LogP) is 0.591. The van der Waals surface area contributed by atoms with Gasteiger partial charge in [-0.3, -0.25) is 14.4 Å². The normalized spacial score (nSPS) is 11.6. The minimum Gasteiger partial charge on any atom is -0.450 e. The van der Waals surface area contributed by atoms with Crippen molar-refractivity contribution in [2.24, 2.45) is 0 Å². The number of para-hydroxylation sites is 1. The average molecular weight is 346 g/mol. The van der Waals surface area contributed by atoms with Crippen molar-refractivity contribution in [2.45, 2.75) is 19.9 Å². The van der Waals surface area contributed by atoms with E-state index in [9.17, 15) is 19.2 Å². The van der Waals surface area contributed by atoms with Gasteiger partial charge in [0.15, 0.2) is 12.0 Å². The summed E-state index contributed by atoms with van der Waals surface area (Å²) < 4.78 is 10.1. The fourth-order valence-corrected chi connectivity index (χ4v) is 2.08. The van der Waals surface area contributed by atoms with Gasteiger partial charge in [-0.15, -0.1) is 0 Å². The van der Waals surface area contributed by atoms with E-state index in [1.54, 1.807) is 31.2 Å². The van der Waals surface area contributed by atoms with E-state index in [2.05, 4.69) is 10.6 Å². The summed E-state index contributed by atoms with van der Waals surface area (Å²) in [4.78, 5) is 47.1. The Kier molecular flexibility index (Phi) is 5.89. The van der Waals surface area contributed by atoms with Crippen LogP contribution in [0.2, 0.25) is 0 Å². The van der Waals surface area contributed by atoms with Crippen LogP contribution in [0.3, 0.4) is 0 Å². The summed E-state index contributed by atoms with van der Waals surface area (Å²) in [5, 5.41) is 5.29. The lowest BCUT2D eigenvalue weighted by Gasteiger charge is -2.13. The van der Waals surface area contributed by atoms with Crippen LogP contribution in [-0.2, 0) is 14.3 Å². The summed E-state index contributed by atoms with van der Waals surface area (Å²) in [5.74, 6) is -2.23. The number of carbonyl (C=O) groups excluding carboxylic acids is 3. The van der Waals surface area contributed by atoms with Gasteiger partial charge < -0.3 is 19.8 Å². The summed E-state index contributed by atoms with van der Waals surface area (Å²) in [6.45, 7) is 3.10. The van der Waals surface area contributed by atoms with Crippen LogP contribution in [-0.4, -0.2) is 37.0 Å². The Morgan fingerprint density at radius 1 is 1.24 bits per heavy atom. The van der Waals surface area contributed by atoms with E-state index < -0.39 is 24.5 Å². The maximum absolute atomic E-state index is 12.0. The van der Waals surface area contributed by atoms with Crippen LogP contribution in [0.25, 0.3) is 11.0 Å². The SMILES string of the molecule is CCNC(=O)[C@H](C)NC(=O)COC(=O)c1cc(=O)c2ccccc2o1. The Labute approximate surface area is 143 Å². The van der Waals surface area contributed by atoms with Crippen LogP contribution < -0.4 is 16.1 Å². The van der Waals surface area contributed by atoms with E-state index in [-0.39, 0.29) is 22.7 Å². The highest BCUT2D eigenvalue weighted by Crippen LogP contribution is 2.12. The molecule has 2 N–H and O–H groups in total. The first-order valence-electron chi connectivity index (χ1n) is 7.69. The van der Waals surface area contributed by atoms with Crippen LogP contribution >= 0.6 is 0 Å². The molecule has 2 amide bonds. The van der Waals surface area contributed by atoms with E-state index >= 15 is 0 Å². The molecule has 1 heterocycles. The van der Waals surface area contributed by atoms with E-state index in [1.807, 2.05) is 0 Å². The Bertz CT molecular complexity index is 858. The molecule has 2 rings (SSSR count). The first kappa shape index (κ1) is 18.2. The van der Waals surface area contributed by atoms with Gasteiger partial charge in [-0.2, -0.15) is 0 Å². The highest BCUT2D eigenvalue weighted by Gasteiger charge is 2.18. The lowest BCUT2D eigenvalue weighted by molar-refractivity contribution is -0.130. The molecule has 0 saturated carbocycles. The Balaban J connectivity index is 1.97. The fourth-order valence-electron chi connectivity index (χ4n) is 2.08. The standard InChI is InChI=1S/C17H18N2O6/c1-3-18-16(22)10(2)19-15(21)9-24-17(23)14-8-12(20)11-6-4-5-7-13(11)25-14/h4-8,10H,3,9H2,1-2H3,(H,18,22)(H,19,21)/t10-/m0/s1. The Hall–Kier alpha value is -3.16. The summed E-state index contributed by atoms with van der Waals surface area (Å²) in [6.07, 6.45) is 0. The van der Waals surface area contributed by atoms with Gasteiger partial charge in [0.1, 0.15) is 11.6 Å². The summed E-state index contributed by atoms with van der Waals surface area (Å²) in [6, 6.07) is 6.72. The molecular weight excluding hydrogens is 328 g/mol. The predicted molar refractivity (Wildman–Crippen MR) is 89.1 cm³/mol. The van der Waals surface area contributed by atoms with Crippen LogP contribution in [0, 0.1) is 0 Å². The number of likely N-dealkylation sites (N-methyl/N-ethyl adjacent to an activating group) is 1. The molecule has 1 atom stereocenters. The molecule has 8 heteroatoms. The van der Waals surface area contributed by atoms with Crippen molar-refractivity contribution in [3.05, 3.63) is 46.3 Å². The summed E-state index contributed by atoms with van der Waals surface area (Å²) in [5.41, 5.74) is -0.139. The zero-order valence-corrected chi connectivity index (χ0v) is 13.8. The number of carbonyl (C=O) groups is 3. The van der Waals surface area contributed by atoms with Gasteiger partial charge in [0.2, 0.25) is 11.7 Å². The molecular formula is C17H18N2O6. The zero-order valence-electron chi connectivity index (χ0n) is 13.8. The van der Waals surface area contributed by atoms with Gasteiger partial charge in [0, 0.05) is 12.6 Å². The molecule has 132 valence electrons. The number of benzene rings is 1. The molecule has 0 bridgehead atoms. The second-order valence-electron chi connectivity index (χ2n) is 5.23. The highest BCUT2D eigenvalue weighted by molar-refractivity contribution is 5.92. The van der Waals surface area contributed by atoms with Crippen molar-refractivity contribution in [1.29, 1.82) is 0 Å². The quantitative estimate of drug-likeness (QED) is 0.740. The van der Waals surface area contributed by atoms with Crippen molar-refractivity contribution in [1.82, 2.24) is 10.6 Å². The van der Waals surface area contributed by atoms with Crippen molar-refractivity contribution in [2.75, 3.05) is 13.2 Å². The number of esters is 1. The maximum Gasteiger partial charge on any atom is 0.374 e. The first-order chi connectivity index (χ1) is 11.9. The lowest BCUT2D eigenvalue weighted by atomic mass is 10.2. The Morgan fingerprint density at radius 2 is 1.96 bits per heavy atom. The summed E-state index contributed by atoms with van der Waals surface area (Å²) >= 11 is 0. The molecule has 0 radical (unpaired) electrons. The van der Waals surface area contributed by atoms with Gasteiger partial charge in [0.05, 0.1) is 5.39 Å². The third kappa shape index (κ3) is 4.66. The third-order valence-electron chi connectivity index (χ3n) is 3.29. The number of ether oxygens (including phenoxy) is 1. The number of amides is 2. The largest absolute Gasteiger partial charge is 0.450 e. The average Bonchev–Trinajstić information content (AvgIpc) is 2.59. The van der Waals surface area contributed by atoms with Crippen LogP contribution in [0.1, 0.15) is 24.4 Å². The molecule has 0 aliphatic rings. The molecule has 8 nitrogen and oxygen atoms in total. The summed E-state index contributed by atoms with van der Waals surface area (Å²) in [7, 11) is 0. The molecule has 0 aliphatic heterocycles. The molecule has 2 aromatic rings. The van der Waals surface area contributed by atoms with Gasteiger partial charge in [-0.25, -0.2) is 4.79 Å². The first-order valence-corrected chi connectivity index (χ1v) is 7.69. The molecule has 0 aliphatic carbocycles. The van der Waals surface area contributed by atoms with Crippen LogP contribution in [0.5, 0.6) is 0 Å². The number of hydrogen-bond donors (Lipinski definition) is 2. The number of hydrogen-bond acceptors (Lipinski definition) is 6. The number of nitrogens with one attached hydrogen (secondary N) is 2. The molecule has 0 fully saturated rings. The van der Waals surface area contributed by atoms with Crippen molar-refractivity contribution < 1.29 is 23.5 Å². The topological polar surface area (TPSA) is 115 Å². The van der Waals surface area contributed by atoms with Crippen molar-refractivity contribution in [3.63, 3.8) is 0 Å². The monoisotopic (exact) mass is 346 g/mol. The number of rotatable bonds is 6. The van der Waals surface area contributed by atoms with Crippen LogP contribution in [0.4, 0.5) is 0 Å². The molecule has 1 aromatic heterocycles. The highest BCUT2D eigenvalue weighted by atomic mass is 16.5. The molecule has 1 aromatic carbocycles. The van der Waals surface area contributed by atoms with Gasteiger partial charge in [0.25, 0.3) is 5.91 Å². The van der Waals surface area contributed by atoms with E-state index in [0.29, 0.717) is 11.9 Å². The van der Waals surface area contributed by atoms with E-state index in [0.717, 1.165) is 6.07 Å². The van der Waals surface area contributed by atoms with Crippen molar-refractivity contribution in [3.8, 4) is 0 Å². The van der Waals surface area contributed by atoms with E-state index in [1.165, 1.54) is 6.92 Å². The minimum absolute atomic E-state index is 0.247. The van der Waals surface area contributed by atoms with Gasteiger partial charge in [-0.1, -0.05) is 12.1 Å². The molecule has 0 saturated heterocycles. The Morgan fingerprint density at radius 3 is 2.68 bits per heavy atom. The van der Waals surface area contributed by atoms with Crippen molar-refractivity contribution >= 4 is 28.8 Å². The third-order valence-corrected chi connectivity index (χ3v) is 3.29. The molecule has 0 spiro atoms. The molecule has 0 unspecified atom stereocenters. The lowest BCUT2D eigenvalue weighted by Crippen LogP contribution is -2.46. The van der Waals surface area contributed by atoms with Crippen LogP contribution in [0.15, 0.2) is 39.5 Å². The zero-order chi connectivity index (χ0) is 18.4. The number of fused-ring (bicyclic) bond motifs is 1. The van der Waals surface area contributed by atoms with E-state index in [4.69, 9.17) is 9.15 Å². The second kappa shape index (κ2) is 8.09. The van der Waals surface area contributed by atoms with Gasteiger partial charge >= 0.3 is 5.97 Å². The molecule has 25 heavy (non-hydrogen) atoms.